The molecule has 3 heterocycles. The van der Waals surface area contributed by atoms with Gasteiger partial charge in [-0.15, -0.1) is 0 Å². The number of fused-ring (bicyclic) bond motifs is 6. The zero-order chi connectivity index (χ0) is 77.5. The van der Waals surface area contributed by atoms with E-state index in [1.165, 1.54) is 21.3 Å². The zero-order valence-corrected chi connectivity index (χ0v) is 53.5. The van der Waals surface area contributed by atoms with Crippen molar-refractivity contribution < 1.29 is 105 Å². The Kier molecular flexibility index (Phi) is 17.2. The monoisotopic (exact) mass is 1510 g/mol. The smallest absolute Gasteiger partial charge is 0.308 e. The standard InChI is InChI=1S/C78H36F24N6/c1-103-61-37-67(108-64-26-14-42(50-22-18-46(73(85,86)87)34-59(50)77(97,98)99)30-54(64)55-31-43(15-27-65(55)108)51-23-19-47(74(88,89)90)35-60(51)78(100,101)102)66(36-56(61)70-105-68(38-8-4-2-5-9-38)104-69(106-70)39-10-6-3-7-11-39)107-62-24-12-40(48-20-16-44(71(79,80)81)32-57(48)75(91,92)93)28-52(62)53-29-41(13-25-63(53)107)49-21-17-45(72(82,83)84)33-58(49)76(94,95)96/h2-37H. The summed E-state index contributed by atoms with van der Waals surface area (Å²) >= 11 is 0. The molecule has 6 nitrogen and oxygen atoms in total. The van der Waals surface area contributed by atoms with Crippen LogP contribution < -0.4 is 0 Å². The molecule has 546 valence electrons. The summed E-state index contributed by atoms with van der Waals surface area (Å²) < 4.78 is 355. The molecular weight excluding hydrogens is 1480 g/mol. The van der Waals surface area contributed by atoms with E-state index in [-0.39, 0.29) is 102 Å². The third-order valence-electron chi connectivity index (χ3n) is 18.0. The molecule has 30 heteroatoms. The fourth-order valence-corrected chi connectivity index (χ4v) is 13.2. The van der Waals surface area contributed by atoms with Gasteiger partial charge in [-0.25, -0.2) is 19.8 Å². The van der Waals surface area contributed by atoms with Gasteiger partial charge >= 0.3 is 49.4 Å². The maximum Gasteiger partial charge on any atom is 0.417 e. The SMILES string of the molecule is [C-]#[N+]c1cc(-n2c3ccc(-c4ccc(C(F)(F)F)cc4C(F)(F)F)cc3c3cc(-c4ccc(C(F)(F)F)cc4C(F)(F)F)ccc32)c(-n2c3ccc(-c4ccc(C(F)(F)F)cc4C(F)(F)F)cc3c3cc(-c4ccc(C(F)(F)F)cc4C(F)(F)F)ccc32)cc1-c1nc(-c2ccccc2)nc(-c2ccccc2)n1. The Labute approximate surface area is 590 Å². The third-order valence-corrected chi connectivity index (χ3v) is 18.0. The highest BCUT2D eigenvalue weighted by Gasteiger charge is 2.44. The molecule has 0 saturated heterocycles. The molecule has 0 aliphatic rings. The lowest BCUT2D eigenvalue weighted by Crippen LogP contribution is -2.12. The predicted octanol–water partition coefficient (Wildman–Crippen LogP) is 26.4. The lowest BCUT2D eigenvalue weighted by atomic mass is 9.94. The van der Waals surface area contributed by atoms with Gasteiger partial charge in [0, 0.05) is 38.2 Å². The van der Waals surface area contributed by atoms with E-state index in [4.69, 9.17) is 21.5 Å². The van der Waals surface area contributed by atoms with Crippen LogP contribution in [0, 0.1) is 6.57 Å². The fourth-order valence-electron chi connectivity index (χ4n) is 13.2. The fraction of sp³-hybridized carbons (Fsp3) is 0.103. The van der Waals surface area contributed by atoms with Gasteiger partial charge in [0.1, 0.15) is 0 Å². The summed E-state index contributed by atoms with van der Waals surface area (Å²) in [5.41, 5.74) is -20.9. The van der Waals surface area contributed by atoms with Crippen molar-refractivity contribution in [3.63, 3.8) is 0 Å². The highest BCUT2D eigenvalue weighted by Crippen LogP contribution is 2.51. The Morgan fingerprint density at radius 1 is 0.241 bits per heavy atom. The van der Waals surface area contributed by atoms with Crippen molar-refractivity contribution in [3.05, 3.63) is 274 Å². The number of benzene rings is 11. The van der Waals surface area contributed by atoms with Gasteiger partial charge in [0.15, 0.2) is 23.2 Å². The van der Waals surface area contributed by atoms with Crippen molar-refractivity contribution in [2.24, 2.45) is 0 Å². The summed E-state index contributed by atoms with van der Waals surface area (Å²) in [5.74, 6) is -0.321. The molecule has 0 saturated carbocycles. The van der Waals surface area contributed by atoms with Crippen molar-refractivity contribution in [1.29, 1.82) is 0 Å². The molecule has 0 aliphatic carbocycles. The van der Waals surface area contributed by atoms with E-state index in [0.717, 1.165) is 72.8 Å². The summed E-state index contributed by atoms with van der Waals surface area (Å²) in [6.07, 6.45) is -43.5. The van der Waals surface area contributed by atoms with Gasteiger partial charge in [-0.3, -0.25) is 0 Å². The normalized spacial score (nSPS) is 13.0. The average molecular weight is 1510 g/mol. The van der Waals surface area contributed by atoms with Crippen LogP contribution in [0.5, 0.6) is 0 Å². The van der Waals surface area contributed by atoms with Gasteiger partial charge in [0.25, 0.3) is 0 Å². The number of halogens is 24. The molecule has 3 aromatic heterocycles. The minimum absolute atomic E-state index is 0.0154. The first kappa shape index (κ1) is 72.8. The molecule has 0 unspecified atom stereocenters. The Hall–Kier alpha value is -12.2. The number of nitrogens with zero attached hydrogens (tertiary/aromatic N) is 6. The second-order valence-electron chi connectivity index (χ2n) is 24.6. The number of alkyl halides is 24. The van der Waals surface area contributed by atoms with Crippen LogP contribution in [0.3, 0.4) is 0 Å². The van der Waals surface area contributed by atoms with E-state index in [2.05, 4.69) is 4.85 Å². The molecule has 0 aliphatic heterocycles. The number of aromatic nitrogens is 5. The highest BCUT2D eigenvalue weighted by atomic mass is 19.4. The van der Waals surface area contributed by atoms with Crippen molar-refractivity contribution in [3.8, 4) is 90.0 Å². The van der Waals surface area contributed by atoms with E-state index in [1.807, 2.05) is 0 Å². The van der Waals surface area contributed by atoms with Gasteiger partial charge in [0.05, 0.1) is 84.5 Å². The van der Waals surface area contributed by atoms with Crippen LogP contribution in [0.4, 0.5) is 111 Å². The number of hydrogen-bond acceptors (Lipinski definition) is 3. The molecule has 14 aromatic rings. The van der Waals surface area contributed by atoms with Crippen molar-refractivity contribution in [1.82, 2.24) is 24.1 Å². The van der Waals surface area contributed by atoms with E-state index in [1.54, 1.807) is 60.7 Å². The molecule has 11 aromatic carbocycles. The molecule has 0 bridgehead atoms. The van der Waals surface area contributed by atoms with E-state index < -0.39 is 144 Å². The molecule has 0 spiro atoms. The Morgan fingerprint density at radius 2 is 0.500 bits per heavy atom. The van der Waals surface area contributed by atoms with Crippen LogP contribution in [0.1, 0.15) is 44.5 Å². The summed E-state index contributed by atoms with van der Waals surface area (Å²) in [4.78, 5) is 18.2. The van der Waals surface area contributed by atoms with Crippen molar-refractivity contribution in [2.75, 3.05) is 0 Å². The van der Waals surface area contributed by atoms with Crippen LogP contribution in [0.25, 0.3) is 139 Å². The van der Waals surface area contributed by atoms with E-state index in [0.29, 0.717) is 59.7 Å². The maximum absolute atomic E-state index is 15.2. The van der Waals surface area contributed by atoms with Crippen LogP contribution in [-0.2, 0) is 49.4 Å². The van der Waals surface area contributed by atoms with Crippen LogP contribution >= 0.6 is 0 Å². The van der Waals surface area contributed by atoms with E-state index in [9.17, 15) is 52.7 Å². The highest BCUT2D eigenvalue weighted by molar-refractivity contribution is 6.15. The number of hydrogen-bond donors (Lipinski definition) is 0. The Morgan fingerprint density at radius 3 is 0.750 bits per heavy atom. The molecule has 0 atom stereocenters. The van der Waals surface area contributed by atoms with Gasteiger partial charge < -0.3 is 9.13 Å². The van der Waals surface area contributed by atoms with Crippen LogP contribution in [0.2, 0.25) is 0 Å². The summed E-state index contributed by atoms with van der Waals surface area (Å²) in [5, 5.41) is -1.05. The van der Waals surface area contributed by atoms with Crippen molar-refractivity contribution >= 4 is 49.3 Å². The quantitative estimate of drug-likeness (QED) is 0.107. The summed E-state index contributed by atoms with van der Waals surface area (Å²) in [7, 11) is 0. The van der Waals surface area contributed by atoms with Gasteiger partial charge in [-0.1, -0.05) is 109 Å². The molecule has 0 fully saturated rings. The summed E-state index contributed by atoms with van der Waals surface area (Å²) in [6, 6.07) is 34.1. The van der Waals surface area contributed by atoms with Gasteiger partial charge in [0.2, 0.25) is 0 Å². The van der Waals surface area contributed by atoms with Crippen molar-refractivity contribution in [2.45, 2.75) is 49.4 Å². The average Bonchev–Trinajstić information content (AvgIpc) is 1.55. The second-order valence-corrected chi connectivity index (χ2v) is 24.6. The minimum Gasteiger partial charge on any atom is -0.308 e. The summed E-state index contributed by atoms with van der Waals surface area (Å²) in [6.45, 7) is 8.88. The first-order chi connectivity index (χ1) is 50.5. The Balaban J connectivity index is 1.14. The molecule has 0 amide bonds. The molecule has 0 N–H and O–H groups in total. The van der Waals surface area contributed by atoms with Crippen LogP contribution in [0.15, 0.2) is 218 Å². The largest absolute Gasteiger partial charge is 0.417 e. The van der Waals surface area contributed by atoms with Gasteiger partial charge in [-0.05, 0) is 154 Å². The Bertz CT molecular complexity index is 5680. The first-order valence-electron chi connectivity index (χ1n) is 31.3. The molecular formula is C78H36F24N6. The topological polar surface area (TPSA) is 52.9 Å². The second kappa shape index (κ2) is 25.5. The minimum atomic E-state index is -5.53. The predicted molar refractivity (Wildman–Crippen MR) is 353 cm³/mol. The van der Waals surface area contributed by atoms with E-state index >= 15 is 52.7 Å². The third kappa shape index (κ3) is 13.4. The lowest BCUT2D eigenvalue weighted by molar-refractivity contribution is -0.144. The lowest BCUT2D eigenvalue weighted by Gasteiger charge is -2.20. The molecule has 108 heavy (non-hydrogen) atoms. The molecule has 14 rings (SSSR count). The molecule has 0 radical (unpaired) electrons. The number of rotatable bonds is 9. The maximum atomic E-state index is 15.2. The zero-order valence-electron chi connectivity index (χ0n) is 53.5. The van der Waals surface area contributed by atoms with Gasteiger partial charge in [-0.2, -0.15) is 105 Å². The first-order valence-corrected chi connectivity index (χ1v) is 31.3. The van der Waals surface area contributed by atoms with Crippen LogP contribution in [-0.4, -0.2) is 24.1 Å².